The van der Waals surface area contributed by atoms with Gasteiger partial charge in [0.05, 0.1) is 13.7 Å². The summed E-state index contributed by atoms with van der Waals surface area (Å²) in [4.78, 5) is 20.2. The molecule has 1 N–H and O–H groups in total. The zero-order valence-corrected chi connectivity index (χ0v) is 16.9. The molecule has 2 atom stereocenters. The van der Waals surface area contributed by atoms with Gasteiger partial charge in [-0.1, -0.05) is 0 Å². The normalized spacial score (nSPS) is 22.4. The molecule has 27 heavy (non-hydrogen) atoms. The Bertz CT molecular complexity index is 781. The monoisotopic (exact) mass is 386 g/mol. The standard InChI is InChI=1S/C21H27N3O2S/c1-16-19-8-14-27-20(19)7-9-24(16)15-21(25)23-12-10-22(11-13-23)17-3-5-18(26-2)6-4-17/h3-6,8,14,16H,7,9-13,15H2,1-2H3/p+1/t16-/m1/s1. The van der Waals surface area contributed by atoms with Gasteiger partial charge in [-0.3, -0.25) is 4.79 Å². The van der Waals surface area contributed by atoms with Gasteiger partial charge in [0.15, 0.2) is 6.54 Å². The summed E-state index contributed by atoms with van der Waals surface area (Å²) in [7, 11) is 1.68. The summed E-state index contributed by atoms with van der Waals surface area (Å²) in [5.41, 5.74) is 2.64. The van der Waals surface area contributed by atoms with Crippen LogP contribution in [0, 0.1) is 0 Å². The van der Waals surface area contributed by atoms with Crippen LogP contribution >= 0.6 is 11.3 Å². The second-order valence-electron chi connectivity index (χ2n) is 7.42. The Morgan fingerprint density at radius 3 is 2.63 bits per heavy atom. The minimum Gasteiger partial charge on any atom is -0.497 e. The minimum absolute atomic E-state index is 0.296. The number of thiophene rings is 1. The lowest BCUT2D eigenvalue weighted by Crippen LogP contribution is -3.14. The first-order chi connectivity index (χ1) is 13.2. The summed E-state index contributed by atoms with van der Waals surface area (Å²) < 4.78 is 5.23. The third kappa shape index (κ3) is 3.82. The first kappa shape index (κ1) is 18.3. The maximum Gasteiger partial charge on any atom is 0.277 e. The fraction of sp³-hybridized carbons (Fsp3) is 0.476. The number of amides is 1. The Labute approximate surface area is 165 Å². The quantitative estimate of drug-likeness (QED) is 0.868. The molecule has 2 aliphatic heterocycles. The number of hydrogen-bond acceptors (Lipinski definition) is 4. The number of rotatable bonds is 4. The molecule has 1 amide bonds. The van der Waals surface area contributed by atoms with Crippen molar-refractivity contribution in [3.8, 4) is 5.75 Å². The molecule has 1 fully saturated rings. The van der Waals surface area contributed by atoms with Crippen LogP contribution in [0.2, 0.25) is 0 Å². The SMILES string of the molecule is COc1ccc(N2CCN(C(=O)C[NH+]3CCc4sccc4[C@H]3C)CC2)cc1. The van der Waals surface area contributed by atoms with Crippen LogP contribution in [0.15, 0.2) is 35.7 Å². The highest BCUT2D eigenvalue weighted by Gasteiger charge is 2.32. The molecule has 1 aromatic carbocycles. The smallest absolute Gasteiger partial charge is 0.277 e. The molecular formula is C21H28N3O2S+. The number of benzene rings is 1. The van der Waals surface area contributed by atoms with Gasteiger partial charge >= 0.3 is 0 Å². The van der Waals surface area contributed by atoms with E-state index < -0.39 is 0 Å². The Morgan fingerprint density at radius 2 is 1.93 bits per heavy atom. The number of fused-ring (bicyclic) bond motifs is 1. The van der Waals surface area contributed by atoms with Crippen molar-refractivity contribution >= 4 is 22.9 Å². The van der Waals surface area contributed by atoms with Crippen molar-refractivity contribution in [1.82, 2.24) is 4.90 Å². The van der Waals surface area contributed by atoms with Gasteiger partial charge in [0.25, 0.3) is 5.91 Å². The first-order valence-corrected chi connectivity index (χ1v) is 10.6. The van der Waals surface area contributed by atoms with Gasteiger partial charge in [-0.15, -0.1) is 11.3 Å². The summed E-state index contributed by atoms with van der Waals surface area (Å²) in [5, 5.41) is 2.18. The van der Waals surface area contributed by atoms with Crippen LogP contribution in [-0.2, 0) is 11.2 Å². The number of anilines is 1. The first-order valence-electron chi connectivity index (χ1n) is 9.73. The summed E-state index contributed by atoms with van der Waals surface area (Å²) in [6.45, 7) is 7.31. The number of carbonyl (C=O) groups excluding carboxylic acids is 1. The molecule has 0 radical (unpaired) electrons. The van der Waals surface area contributed by atoms with Gasteiger partial charge in [0, 0.05) is 48.7 Å². The van der Waals surface area contributed by atoms with E-state index in [1.807, 2.05) is 28.4 Å². The zero-order chi connectivity index (χ0) is 18.8. The number of nitrogens with one attached hydrogen (secondary N) is 1. The molecule has 2 aliphatic rings. The Kier molecular flexibility index (Phi) is 5.36. The molecule has 1 saturated heterocycles. The van der Waals surface area contributed by atoms with Gasteiger partial charge in [-0.25, -0.2) is 0 Å². The highest BCUT2D eigenvalue weighted by atomic mass is 32.1. The van der Waals surface area contributed by atoms with E-state index in [1.54, 1.807) is 7.11 Å². The topological polar surface area (TPSA) is 37.2 Å². The fourth-order valence-electron chi connectivity index (χ4n) is 4.20. The van der Waals surface area contributed by atoms with Crippen LogP contribution in [0.3, 0.4) is 0 Å². The van der Waals surface area contributed by atoms with Crippen molar-refractivity contribution in [2.24, 2.45) is 0 Å². The minimum atomic E-state index is 0.296. The number of methoxy groups -OCH3 is 1. The third-order valence-corrected chi connectivity index (χ3v) is 6.98. The van der Waals surface area contributed by atoms with E-state index in [-0.39, 0.29) is 0 Å². The van der Waals surface area contributed by atoms with Crippen molar-refractivity contribution in [3.63, 3.8) is 0 Å². The fourth-order valence-corrected chi connectivity index (χ4v) is 5.18. The lowest BCUT2D eigenvalue weighted by atomic mass is 10.0. The Balaban J connectivity index is 1.31. The van der Waals surface area contributed by atoms with Crippen LogP contribution in [0.1, 0.15) is 23.4 Å². The molecule has 3 heterocycles. The van der Waals surface area contributed by atoms with Gasteiger partial charge < -0.3 is 19.4 Å². The molecule has 2 aromatic rings. The van der Waals surface area contributed by atoms with Crippen molar-refractivity contribution in [2.75, 3.05) is 51.3 Å². The third-order valence-electron chi connectivity index (χ3n) is 5.98. The lowest BCUT2D eigenvalue weighted by Gasteiger charge is -2.37. The maximum atomic E-state index is 12.9. The lowest BCUT2D eigenvalue weighted by molar-refractivity contribution is -0.924. The summed E-state index contributed by atoms with van der Waals surface area (Å²) in [6.07, 6.45) is 1.10. The number of nitrogens with zero attached hydrogens (tertiary/aromatic N) is 2. The largest absolute Gasteiger partial charge is 0.497 e. The second-order valence-corrected chi connectivity index (χ2v) is 8.42. The van der Waals surface area contributed by atoms with Crippen molar-refractivity contribution in [1.29, 1.82) is 0 Å². The number of ether oxygens (including phenoxy) is 1. The van der Waals surface area contributed by atoms with Gasteiger partial charge in [-0.05, 0) is 42.6 Å². The molecule has 0 bridgehead atoms. The predicted molar refractivity (Wildman–Crippen MR) is 109 cm³/mol. The van der Waals surface area contributed by atoms with Gasteiger partial charge in [-0.2, -0.15) is 0 Å². The predicted octanol–water partition coefficient (Wildman–Crippen LogP) is 1.61. The number of piperazine rings is 1. The number of quaternary nitrogens is 1. The van der Waals surface area contributed by atoms with E-state index in [1.165, 1.54) is 21.0 Å². The van der Waals surface area contributed by atoms with E-state index in [9.17, 15) is 4.79 Å². The molecule has 0 saturated carbocycles. The summed E-state index contributed by atoms with van der Waals surface area (Å²) in [6, 6.07) is 10.8. The Morgan fingerprint density at radius 1 is 1.19 bits per heavy atom. The van der Waals surface area contributed by atoms with Crippen LogP contribution < -0.4 is 14.5 Å². The summed E-state index contributed by atoms with van der Waals surface area (Å²) >= 11 is 1.86. The molecule has 144 valence electrons. The molecule has 1 aromatic heterocycles. The van der Waals surface area contributed by atoms with E-state index >= 15 is 0 Å². The molecule has 5 nitrogen and oxygen atoms in total. The zero-order valence-electron chi connectivity index (χ0n) is 16.1. The molecule has 4 rings (SSSR count). The van der Waals surface area contributed by atoms with Crippen LogP contribution in [-0.4, -0.2) is 57.2 Å². The van der Waals surface area contributed by atoms with Gasteiger partial charge in [0.2, 0.25) is 0 Å². The van der Waals surface area contributed by atoms with Gasteiger partial charge in [0.1, 0.15) is 11.8 Å². The van der Waals surface area contributed by atoms with Crippen LogP contribution in [0.4, 0.5) is 5.69 Å². The molecule has 1 unspecified atom stereocenters. The van der Waals surface area contributed by atoms with Crippen molar-refractivity contribution < 1.29 is 14.4 Å². The molecule has 6 heteroatoms. The maximum absolute atomic E-state index is 12.9. The number of hydrogen-bond donors (Lipinski definition) is 1. The molecule has 0 aliphatic carbocycles. The van der Waals surface area contributed by atoms with Crippen LogP contribution in [0.5, 0.6) is 5.75 Å². The second kappa shape index (κ2) is 7.90. The van der Waals surface area contributed by atoms with E-state index in [4.69, 9.17) is 4.74 Å². The average molecular weight is 387 g/mol. The Hall–Kier alpha value is -2.05. The summed E-state index contributed by atoms with van der Waals surface area (Å²) in [5.74, 6) is 1.17. The molecule has 0 spiro atoms. The van der Waals surface area contributed by atoms with E-state index in [0.717, 1.165) is 44.9 Å². The highest BCUT2D eigenvalue weighted by molar-refractivity contribution is 7.10. The van der Waals surface area contributed by atoms with Crippen molar-refractivity contribution in [3.05, 3.63) is 46.2 Å². The van der Waals surface area contributed by atoms with E-state index in [0.29, 0.717) is 18.5 Å². The average Bonchev–Trinajstić information content (AvgIpc) is 3.20. The highest BCUT2D eigenvalue weighted by Crippen LogP contribution is 2.24. The van der Waals surface area contributed by atoms with E-state index in [2.05, 4.69) is 35.4 Å². The number of carbonyl (C=O) groups is 1. The van der Waals surface area contributed by atoms with Crippen LogP contribution in [0.25, 0.3) is 0 Å². The molecular weight excluding hydrogens is 358 g/mol. The van der Waals surface area contributed by atoms with Crippen molar-refractivity contribution in [2.45, 2.75) is 19.4 Å².